The molecule has 1 saturated heterocycles. The third kappa shape index (κ3) is 2.90. The van der Waals surface area contributed by atoms with Gasteiger partial charge in [-0.15, -0.1) is 11.6 Å². The molecule has 0 radical (unpaired) electrons. The van der Waals surface area contributed by atoms with Gasteiger partial charge in [-0.3, -0.25) is 0 Å². The monoisotopic (exact) mass is 257 g/mol. The quantitative estimate of drug-likeness (QED) is 0.769. The molecule has 94 valence electrons. The summed E-state index contributed by atoms with van der Waals surface area (Å²) >= 11 is 5.84. The van der Waals surface area contributed by atoms with Crippen LogP contribution in [0.15, 0.2) is 18.2 Å². The van der Waals surface area contributed by atoms with Crippen LogP contribution >= 0.6 is 11.6 Å². The minimum absolute atomic E-state index is 0.211. The van der Waals surface area contributed by atoms with Crippen LogP contribution in [0.4, 0.5) is 10.1 Å². The molecule has 17 heavy (non-hydrogen) atoms. The Labute approximate surface area is 106 Å². The highest BCUT2D eigenvalue weighted by Gasteiger charge is 2.20. The van der Waals surface area contributed by atoms with Crippen molar-refractivity contribution in [3.05, 3.63) is 29.6 Å². The Bertz CT molecular complexity index is 380. The van der Waals surface area contributed by atoms with E-state index in [0.717, 1.165) is 25.0 Å². The molecule has 4 heteroatoms. The first kappa shape index (κ1) is 12.7. The molecule has 0 amide bonds. The normalized spacial score (nSPS) is 19.6. The van der Waals surface area contributed by atoms with Crippen LogP contribution in [0.1, 0.15) is 18.4 Å². The summed E-state index contributed by atoms with van der Waals surface area (Å²) < 4.78 is 19.4. The van der Waals surface area contributed by atoms with Crippen molar-refractivity contribution in [2.24, 2.45) is 0 Å². The summed E-state index contributed by atoms with van der Waals surface area (Å²) in [4.78, 5) is 1.91. The fourth-order valence-electron chi connectivity index (χ4n) is 2.28. The molecular formula is C13H17ClFNO. The fourth-order valence-corrected chi connectivity index (χ4v) is 2.50. The van der Waals surface area contributed by atoms with Gasteiger partial charge in [0.15, 0.2) is 0 Å². The first-order chi connectivity index (χ1) is 8.22. The van der Waals surface area contributed by atoms with E-state index in [2.05, 4.69) is 0 Å². The van der Waals surface area contributed by atoms with Gasteiger partial charge in [0.05, 0.1) is 11.8 Å². The number of benzene rings is 1. The number of alkyl halides is 1. The maximum Gasteiger partial charge on any atom is 0.146 e. The van der Waals surface area contributed by atoms with E-state index in [0.29, 0.717) is 18.1 Å². The first-order valence-corrected chi connectivity index (χ1v) is 6.42. The van der Waals surface area contributed by atoms with Gasteiger partial charge in [0.25, 0.3) is 0 Å². The predicted octanol–water partition coefficient (Wildman–Crippen LogP) is 3.18. The predicted molar refractivity (Wildman–Crippen MR) is 68.2 cm³/mol. The summed E-state index contributed by atoms with van der Waals surface area (Å²) in [5.41, 5.74) is 1.42. The third-order valence-electron chi connectivity index (χ3n) is 3.10. The minimum Gasteiger partial charge on any atom is -0.376 e. The van der Waals surface area contributed by atoms with E-state index < -0.39 is 0 Å². The summed E-state index contributed by atoms with van der Waals surface area (Å²) in [5.74, 6) is 0.104. The number of likely N-dealkylation sites (N-methyl/N-ethyl adjacent to an activating group) is 1. The Balaban J connectivity index is 2.14. The summed E-state index contributed by atoms with van der Waals surface area (Å²) in [6.07, 6.45) is 2.36. The van der Waals surface area contributed by atoms with Crippen LogP contribution in [0, 0.1) is 5.82 Å². The maximum atomic E-state index is 13.8. The van der Waals surface area contributed by atoms with Crippen molar-refractivity contribution >= 4 is 17.3 Å². The van der Waals surface area contributed by atoms with E-state index in [-0.39, 0.29) is 11.9 Å². The Morgan fingerprint density at radius 2 is 2.35 bits per heavy atom. The van der Waals surface area contributed by atoms with Crippen LogP contribution in [-0.4, -0.2) is 26.3 Å². The lowest BCUT2D eigenvalue weighted by atomic mass is 10.1. The smallest absolute Gasteiger partial charge is 0.146 e. The van der Waals surface area contributed by atoms with Crippen LogP contribution in [0.2, 0.25) is 0 Å². The van der Waals surface area contributed by atoms with Crippen LogP contribution < -0.4 is 4.90 Å². The average molecular weight is 258 g/mol. The number of ether oxygens (including phenoxy) is 1. The van der Waals surface area contributed by atoms with Crippen LogP contribution in [0.25, 0.3) is 0 Å². The van der Waals surface area contributed by atoms with Gasteiger partial charge in [-0.1, -0.05) is 12.1 Å². The molecule has 1 aliphatic rings. The highest BCUT2D eigenvalue weighted by molar-refractivity contribution is 6.17. The summed E-state index contributed by atoms with van der Waals surface area (Å²) in [6.45, 7) is 1.53. The largest absolute Gasteiger partial charge is 0.376 e. The summed E-state index contributed by atoms with van der Waals surface area (Å²) in [5, 5.41) is 0. The molecule has 1 aliphatic heterocycles. The van der Waals surface area contributed by atoms with Gasteiger partial charge in [0.1, 0.15) is 5.82 Å². The Hall–Kier alpha value is -0.800. The number of halogens is 2. The molecule has 0 aliphatic carbocycles. The Morgan fingerprint density at radius 3 is 3.00 bits per heavy atom. The SMILES string of the molecule is CN(CC1CCCO1)c1c(F)cccc1CCl. The third-order valence-corrected chi connectivity index (χ3v) is 3.39. The second kappa shape index (κ2) is 5.69. The van der Waals surface area contributed by atoms with Crippen molar-refractivity contribution in [1.82, 2.24) is 0 Å². The fraction of sp³-hybridized carbons (Fsp3) is 0.538. The first-order valence-electron chi connectivity index (χ1n) is 5.88. The van der Waals surface area contributed by atoms with Gasteiger partial charge in [-0.25, -0.2) is 4.39 Å². The van der Waals surface area contributed by atoms with Gasteiger partial charge in [-0.2, -0.15) is 0 Å². The Morgan fingerprint density at radius 1 is 1.53 bits per heavy atom. The van der Waals surface area contributed by atoms with Crippen LogP contribution in [0.3, 0.4) is 0 Å². The lowest BCUT2D eigenvalue weighted by Crippen LogP contribution is -2.29. The van der Waals surface area contributed by atoms with Gasteiger partial charge in [-0.05, 0) is 24.5 Å². The van der Waals surface area contributed by atoms with Gasteiger partial charge >= 0.3 is 0 Å². The van der Waals surface area contributed by atoms with Crippen LogP contribution in [0.5, 0.6) is 0 Å². The van der Waals surface area contributed by atoms with Crippen molar-refractivity contribution in [2.75, 3.05) is 25.1 Å². The maximum absolute atomic E-state index is 13.8. The lowest BCUT2D eigenvalue weighted by Gasteiger charge is -2.25. The highest BCUT2D eigenvalue weighted by atomic mass is 35.5. The standard InChI is InChI=1S/C13H17ClFNO/c1-16(9-11-5-3-7-17-11)13-10(8-14)4-2-6-12(13)15/h2,4,6,11H,3,5,7-9H2,1H3. The van der Waals surface area contributed by atoms with Gasteiger partial charge in [0.2, 0.25) is 0 Å². The molecule has 0 spiro atoms. The molecule has 0 saturated carbocycles. The summed E-state index contributed by atoms with van der Waals surface area (Å²) in [6, 6.07) is 5.02. The molecule has 1 unspecified atom stereocenters. The number of para-hydroxylation sites is 1. The number of rotatable bonds is 4. The highest BCUT2D eigenvalue weighted by Crippen LogP contribution is 2.26. The van der Waals surface area contributed by atoms with E-state index in [1.165, 1.54) is 6.07 Å². The van der Waals surface area contributed by atoms with E-state index in [1.54, 1.807) is 6.07 Å². The molecule has 0 bridgehead atoms. The lowest BCUT2D eigenvalue weighted by molar-refractivity contribution is 0.116. The van der Waals surface area contributed by atoms with Crippen molar-refractivity contribution in [3.8, 4) is 0 Å². The van der Waals surface area contributed by atoms with Crippen molar-refractivity contribution in [2.45, 2.75) is 24.8 Å². The van der Waals surface area contributed by atoms with Gasteiger partial charge in [0, 0.05) is 26.1 Å². The van der Waals surface area contributed by atoms with E-state index >= 15 is 0 Å². The molecule has 2 rings (SSSR count). The zero-order valence-corrected chi connectivity index (χ0v) is 10.7. The average Bonchev–Trinajstić information content (AvgIpc) is 2.81. The molecule has 1 atom stereocenters. The van der Waals surface area contributed by atoms with Gasteiger partial charge < -0.3 is 9.64 Å². The van der Waals surface area contributed by atoms with Crippen molar-refractivity contribution < 1.29 is 9.13 Å². The zero-order valence-electron chi connectivity index (χ0n) is 9.96. The number of anilines is 1. The molecular weight excluding hydrogens is 241 g/mol. The van der Waals surface area contributed by atoms with E-state index in [1.807, 2.05) is 18.0 Å². The number of nitrogens with zero attached hydrogens (tertiary/aromatic N) is 1. The second-order valence-corrected chi connectivity index (χ2v) is 4.66. The second-order valence-electron chi connectivity index (χ2n) is 4.40. The summed E-state index contributed by atoms with van der Waals surface area (Å²) in [7, 11) is 1.89. The molecule has 1 heterocycles. The topological polar surface area (TPSA) is 12.5 Å². The molecule has 1 fully saturated rings. The van der Waals surface area contributed by atoms with E-state index in [4.69, 9.17) is 16.3 Å². The van der Waals surface area contributed by atoms with E-state index in [9.17, 15) is 4.39 Å². The minimum atomic E-state index is -0.219. The zero-order chi connectivity index (χ0) is 12.3. The molecule has 0 N–H and O–H groups in total. The molecule has 0 aromatic heterocycles. The number of hydrogen-bond acceptors (Lipinski definition) is 2. The van der Waals surface area contributed by atoms with Crippen molar-refractivity contribution in [1.29, 1.82) is 0 Å². The Kier molecular flexibility index (Phi) is 4.24. The van der Waals surface area contributed by atoms with Crippen molar-refractivity contribution in [3.63, 3.8) is 0 Å². The molecule has 1 aromatic rings. The number of hydrogen-bond donors (Lipinski definition) is 0. The molecule has 2 nitrogen and oxygen atoms in total. The molecule has 1 aromatic carbocycles. The van der Waals surface area contributed by atoms with Crippen LogP contribution in [-0.2, 0) is 10.6 Å².